The van der Waals surface area contributed by atoms with E-state index in [9.17, 15) is 4.79 Å². The zero-order chi connectivity index (χ0) is 11.4. The van der Waals surface area contributed by atoms with Crippen LogP contribution < -0.4 is 10.6 Å². The van der Waals surface area contributed by atoms with Gasteiger partial charge in [0, 0.05) is 18.2 Å². The molecule has 2 rings (SSSR count). The van der Waals surface area contributed by atoms with Crippen molar-refractivity contribution in [2.24, 2.45) is 0 Å². The number of carbonyl (C=O) groups excluding carboxylic acids is 1. The molecule has 0 unspecified atom stereocenters. The van der Waals surface area contributed by atoms with E-state index < -0.39 is 0 Å². The molecule has 16 heavy (non-hydrogen) atoms. The summed E-state index contributed by atoms with van der Waals surface area (Å²) < 4.78 is 4.80. The highest BCUT2D eigenvalue weighted by Crippen LogP contribution is 2.18. The van der Waals surface area contributed by atoms with Gasteiger partial charge in [0.15, 0.2) is 0 Å². The van der Waals surface area contributed by atoms with Crippen LogP contribution in [-0.4, -0.2) is 30.2 Å². The maximum absolute atomic E-state index is 11.7. The summed E-state index contributed by atoms with van der Waals surface area (Å²) in [5.74, 6) is 0.126. The molecular formula is C11H17N3O2. The van der Waals surface area contributed by atoms with Crippen molar-refractivity contribution < 1.29 is 9.32 Å². The summed E-state index contributed by atoms with van der Waals surface area (Å²) in [5.41, 5.74) is 0. The first-order valence-corrected chi connectivity index (χ1v) is 5.68. The zero-order valence-corrected chi connectivity index (χ0v) is 9.40. The maximum atomic E-state index is 11.7. The second kappa shape index (κ2) is 5.12. The van der Waals surface area contributed by atoms with Gasteiger partial charge in [0.05, 0.1) is 6.20 Å². The van der Waals surface area contributed by atoms with E-state index in [2.05, 4.69) is 15.8 Å². The molecule has 5 nitrogen and oxygen atoms in total. The SMILES string of the molecule is CNC1CCC(NC(=O)c2ccno2)CC1. The Hall–Kier alpha value is -1.36. The Morgan fingerprint density at radius 3 is 2.62 bits per heavy atom. The first-order chi connectivity index (χ1) is 7.79. The Morgan fingerprint density at radius 2 is 2.06 bits per heavy atom. The van der Waals surface area contributed by atoms with Crippen LogP contribution in [0, 0.1) is 0 Å². The van der Waals surface area contributed by atoms with Gasteiger partial charge in [0.1, 0.15) is 0 Å². The van der Waals surface area contributed by atoms with Gasteiger partial charge in [-0.1, -0.05) is 5.16 Å². The molecule has 88 valence electrons. The second-order valence-corrected chi connectivity index (χ2v) is 4.19. The van der Waals surface area contributed by atoms with Gasteiger partial charge in [-0.2, -0.15) is 0 Å². The summed E-state index contributed by atoms with van der Waals surface area (Å²) >= 11 is 0. The number of aromatic nitrogens is 1. The van der Waals surface area contributed by atoms with Crippen LogP contribution >= 0.6 is 0 Å². The number of carbonyl (C=O) groups is 1. The van der Waals surface area contributed by atoms with Crippen molar-refractivity contribution in [3.8, 4) is 0 Å². The van der Waals surface area contributed by atoms with Crippen molar-refractivity contribution in [1.82, 2.24) is 15.8 Å². The van der Waals surface area contributed by atoms with Gasteiger partial charge in [0.2, 0.25) is 5.76 Å². The Kier molecular flexibility index (Phi) is 3.56. The monoisotopic (exact) mass is 223 g/mol. The maximum Gasteiger partial charge on any atom is 0.290 e. The van der Waals surface area contributed by atoms with E-state index in [-0.39, 0.29) is 17.7 Å². The van der Waals surface area contributed by atoms with Crippen LogP contribution in [0.3, 0.4) is 0 Å². The summed E-state index contributed by atoms with van der Waals surface area (Å²) in [4.78, 5) is 11.7. The lowest BCUT2D eigenvalue weighted by Gasteiger charge is -2.28. The Morgan fingerprint density at radius 1 is 1.38 bits per heavy atom. The highest BCUT2D eigenvalue weighted by Gasteiger charge is 2.22. The fraction of sp³-hybridized carbons (Fsp3) is 0.636. The molecule has 0 aliphatic heterocycles. The lowest BCUT2D eigenvalue weighted by atomic mass is 9.91. The van der Waals surface area contributed by atoms with Gasteiger partial charge in [0.25, 0.3) is 5.91 Å². The molecular weight excluding hydrogens is 206 g/mol. The Bertz CT molecular complexity index is 329. The summed E-state index contributed by atoms with van der Waals surface area (Å²) in [5, 5.41) is 9.75. The first-order valence-electron chi connectivity index (χ1n) is 5.68. The number of nitrogens with one attached hydrogen (secondary N) is 2. The highest BCUT2D eigenvalue weighted by atomic mass is 16.5. The van der Waals surface area contributed by atoms with E-state index in [1.165, 1.54) is 6.20 Å². The van der Waals surface area contributed by atoms with Crippen molar-refractivity contribution in [3.05, 3.63) is 18.0 Å². The molecule has 0 atom stereocenters. The van der Waals surface area contributed by atoms with E-state index >= 15 is 0 Å². The third-order valence-corrected chi connectivity index (χ3v) is 3.13. The molecule has 0 bridgehead atoms. The van der Waals surface area contributed by atoms with Crippen LogP contribution in [0.2, 0.25) is 0 Å². The average Bonchev–Trinajstić information content (AvgIpc) is 2.83. The van der Waals surface area contributed by atoms with Gasteiger partial charge >= 0.3 is 0 Å². The van der Waals surface area contributed by atoms with Gasteiger partial charge in [-0.3, -0.25) is 4.79 Å². The molecule has 0 spiro atoms. The quantitative estimate of drug-likeness (QED) is 0.800. The average molecular weight is 223 g/mol. The molecule has 0 saturated heterocycles. The fourth-order valence-corrected chi connectivity index (χ4v) is 2.12. The number of hydrogen-bond acceptors (Lipinski definition) is 4. The van der Waals surface area contributed by atoms with Crippen LogP contribution in [-0.2, 0) is 0 Å². The molecule has 1 aliphatic rings. The summed E-state index contributed by atoms with van der Waals surface area (Å²) in [6.45, 7) is 0. The van der Waals surface area contributed by atoms with Crippen molar-refractivity contribution in [2.75, 3.05) is 7.05 Å². The third kappa shape index (κ3) is 2.61. The number of amides is 1. The summed E-state index contributed by atoms with van der Waals surface area (Å²) in [6, 6.07) is 2.44. The minimum absolute atomic E-state index is 0.162. The van der Waals surface area contributed by atoms with Gasteiger partial charge in [-0.25, -0.2) is 0 Å². The van der Waals surface area contributed by atoms with Crippen LogP contribution in [0.4, 0.5) is 0 Å². The minimum Gasteiger partial charge on any atom is -0.351 e. The van der Waals surface area contributed by atoms with Crippen molar-refractivity contribution in [3.63, 3.8) is 0 Å². The normalized spacial score (nSPS) is 25.3. The smallest absolute Gasteiger partial charge is 0.290 e. The number of hydrogen-bond donors (Lipinski definition) is 2. The lowest BCUT2D eigenvalue weighted by Crippen LogP contribution is -2.41. The number of rotatable bonds is 3. The van der Waals surface area contributed by atoms with Crippen LogP contribution in [0.1, 0.15) is 36.2 Å². The Labute approximate surface area is 94.6 Å². The largest absolute Gasteiger partial charge is 0.351 e. The molecule has 2 N–H and O–H groups in total. The molecule has 0 radical (unpaired) electrons. The van der Waals surface area contributed by atoms with Crippen molar-refractivity contribution in [1.29, 1.82) is 0 Å². The molecule has 1 amide bonds. The molecule has 1 heterocycles. The van der Waals surface area contributed by atoms with E-state index in [4.69, 9.17) is 4.52 Å². The second-order valence-electron chi connectivity index (χ2n) is 4.19. The third-order valence-electron chi connectivity index (χ3n) is 3.13. The molecule has 1 aliphatic carbocycles. The lowest BCUT2D eigenvalue weighted by molar-refractivity contribution is 0.0887. The number of nitrogens with zero attached hydrogens (tertiary/aromatic N) is 1. The highest BCUT2D eigenvalue weighted by molar-refractivity contribution is 5.91. The molecule has 1 aromatic rings. The molecule has 1 saturated carbocycles. The predicted molar refractivity (Wildman–Crippen MR) is 59.1 cm³/mol. The fourth-order valence-electron chi connectivity index (χ4n) is 2.12. The summed E-state index contributed by atoms with van der Waals surface area (Å²) in [7, 11) is 1.98. The van der Waals surface area contributed by atoms with E-state index in [0.29, 0.717) is 6.04 Å². The molecule has 1 fully saturated rings. The summed E-state index contributed by atoms with van der Waals surface area (Å²) in [6.07, 6.45) is 5.74. The minimum atomic E-state index is -0.162. The van der Waals surface area contributed by atoms with Crippen LogP contribution in [0.25, 0.3) is 0 Å². The van der Waals surface area contributed by atoms with E-state index in [1.54, 1.807) is 6.07 Å². The standard InChI is InChI=1S/C11H17N3O2/c1-12-8-2-4-9(5-3-8)14-11(15)10-6-7-13-16-10/h6-9,12H,2-5H2,1H3,(H,14,15). The van der Waals surface area contributed by atoms with Gasteiger partial charge in [-0.05, 0) is 32.7 Å². The molecule has 5 heteroatoms. The Balaban J connectivity index is 1.81. The van der Waals surface area contributed by atoms with Crippen LogP contribution in [0.5, 0.6) is 0 Å². The molecule has 0 aromatic carbocycles. The van der Waals surface area contributed by atoms with Gasteiger partial charge in [-0.15, -0.1) is 0 Å². The van der Waals surface area contributed by atoms with Gasteiger partial charge < -0.3 is 15.2 Å². The molecule has 1 aromatic heterocycles. The first kappa shape index (κ1) is 11.1. The van der Waals surface area contributed by atoms with Crippen molar-refractivity contribution in [2.45, 2.75) is 37.8 Å². The predicted octanol–water partition coefficient (Wildman–Crippen LogP) is 0.935. The van der Waals surface area contributed by atoms with Crippen LogP contribution in [0.15, 0.2) is 16.8 Å². The van der Waals surface area contributed by atoms with E-state index in [0.717, 1.165) is 25.7 Å². The van der Waals surface area contributed by atoms with Crippen molar-refractivity contribution >= 4 is 5.91 Å². The topological polar surface area (TPSA) is 67.2 Å². The zero-order valence-electron chi connectivity index (χ0n) is 9.40. The van der Waals surface area contributed by atoms with E-state index in [1.807, 2.05) is 7.05 Å².